The molecule has 0 aliphatic carbocycles. The molecule has 1 N–H and O–H groups in total. The lowest BCUT2D eigenvalue weighted by Crippen LogP contribution is -2.14. The zero-order valence-electron chi connectivity index (χ0n) is 13.3. The van der Waals surface area contributed by atoms with Crippen LogP contribution < -0.4 is 10.1 Å². The summed E-state index contributed by atoms with van der Waals surface area (Å²) in [7, 11) is 0. The molecule has 0 aliphatic heterocycles. The number of hydrogen-bond acceptors (Lipinski definition) is 3. The van der Waals surface area contributed by atoms with Crippen molar-refractivity contribution in [1.29, 1.82) is 0 Å². The van der Waals surface area contributed by atoms with E-state index in [0.29, 0.717) is 24.0 Å². The average molecular weight is 298 g/mol. The molecule has 1 aromatic carbocycles. The van der Waals surface area contributed by atoms with E-state index in [2.05, 4.69) is 36.3 Å². The van der Waals surface area contributed by atoms with Crippen molar-refractivity contribution in [3.8, 4) is 5.88 Å². The molecule has 0 fully saturated rings. The fourth-order valence-electron chi connectivity index (χ4n) is 2.14. The topological polar surface area (TPSA) is 51.2 Å². The Morgan fingerprint density at radius 1 is 1.23 bits per heavy atom. The predicted molar refractivity (Wildman–Crippen MR) is 88.5 cm³/mol. The number of carbonyl (C=O) groups is 1. The van der Waals surface area contributed by atoms with Gasteiger partial charge in [0.15, 0.2) is 0 Å². The molecular formula is C18H22N2O2. The van der Waals surface area contributed by atoms with Gasteiger partial charge in [-0.05, 0) is 49.1 Å². The Bertz CT molecular complexity index is 623. The van der Waals surface area contributed by atoms with Gasteiger partial charge in [-0.25, -0.2) is 4.98 Å². The number of amides is 1. The molecule has 1 aromatic heterocycles. The quantitative estimate of drug-likeness (QED) is 0.867. The van der Waals surface area contributed by atoms with Gasteiger partial charge in [-0.15, -0.1) is 0 Å². The van der Waals surface area contributed by atoms with Crippen LogP contribution in [0.5, 0.6) is 5.88 Å². The molecule has 0 saturated carbocycles. The van der Waals surface area contributed by atoms with Gasteiger partial charge in [0.25, 0.3) is 5.91 Å². The van der Waals surface area contributed by atoms with Gasteiger partial charge < -0.3 is 10.1 Å². The number of hydrogen-bond donors (Lipinski definition) is 1. The number of nitrogens with one attached hydrogen (secondary N) is 1. The molecule has 0 unspecified atom stereocenters. The van der Waals surface area contributed by atoms with Crippen LogP contribution in [0.3, 0.4) is 0 Å². The Morgan fingerprint density at radius 2 is 1.95 bits per heavy atom. The molecule has 2 aromatic rings. The third kappa shape index (κ3) is 3.85. The molecule has 1 heterocycles. The second-order valence-corrected chi connectivity index (χ2v) is 5.17. The van der Waals surface area contributed by atoms with Crippen molar-refractivity contribution in [1.82, 2.24) is 4.98 Å². The van der Waals surface area contributed by atoms with Gasteiger partial charge in [0.1, 0.15) is 5.56 Å². The van der Waals surface area contributed by atoms with E-state index in [1.807, 2.05) is 19.1 Å². The molecule has 116 valence electrons. The van der Waals surface area contributed by atoms with Gasteiger partial charge in [-0.2, -0.15) is 0 Å². The van der Waals surface area contributed by atoms with Gasteiger partial charge in [-0.3, -0.25) is 4.79 Å². The molecule has 4 heteroatoms. The largest absolute Gasteiger partial charge is 0.477 e. The second-order valence-electron chi connectivity index (χ2n) is 5.17. The summed E-state index contributed by atoms with van der Waals surface area (Å²) in [5.74, 6) is 0.666. The molecule has 0 aliphatic rings. The maximum absolute atomic E-state index is 12.4. The van der Waals surface area contributed by atoms with Crippen molar-refractivity contribution >= 4 is 11.6 Å². The van der Waals surface area contributed by atoms with Gasteiger partial charge in [0.05, 0.1) is 6.61 Å². The molecule has 0 spiro atoms. The lowest BCUT2D eigenvalue weighted by Gasteiger charge is -2.11. The molecule has 1 amide bonds. The number of aromatic nitrogens is 1. The highest BCUT2D eigenvalue weighted by molar-refractivity contribution is 6.05. The summed E-state index contributed by atoms with van der Waals surface area (Å²) in [5, 5.41) is 2.88. The third-order valence-corrected chi connectivity index (χ3v) is 3.65. The van der Waals surface area contributed by atoms with Gasteiger partial charge in [-0.1, -0.05) is 26.0 Å². The van der Waals surface area contributed by atoms with Crippen LogP contribution in [0.25, 0.3) is 0 Å². The van der Waals surface area contributed by atoms with Crippen LogP contribution in [0, 0.1) is 0 Å². The van der Waals surface area contributed by atoms with Crippen LogP contribution in [0.2, 0.25) is 0 Å². The molecular weight excluding hydrogens is 276 g/mol. The first-order valence-electron chi connectivity index (χ1n) is 7.64. The van der Waals surface area contributed by atoms with E-state index in [4.69, 9.17) is 4.74 Å². The van der Waals surface area contributed by atoms with E-state index >= 15 is 0 Å². The Hall–Kier alpha value is -2.36. The molecule has 0 radical (unpaired) electrons. The third-order valence-electron chi connectivity index (χ3n) is 3.65. The smallest absolute Gasteiger partial charge is 0.261 e. The molecule has 22 heavy (non-hydrogen) atoms. The minimum atomic E-state index is -0.215. The second kappa shape index (κ2) is 7.59. The highest BCUT2D eigenvalue weighted by Crippen LogP contribution is 2.21. The number of pyridine rings is 1. The maximum atomic E-state index is 12.4. The van der Waals surface area contributed by atoms with Gasteiger partial charge in [0, 0.05) is 11.9 Å². The van der Waals surface area contributed by atoms with Crippen molar-refractivity contribution < 1.29 is 9.53 Å². The van der Waals surface area contributed by atoms with E-state index in [9.17, 15) is 4.79 Å². The maximum Gasteiger partial charge on any atom is 0.261 e. The van der Waals surface area contributed by atoms with Crippen LogP contribution in [-0.2, 0) is 0 Å². The van der Waals surface area contributed by atoms with Gasteiger partial charge >= 0.3 is 0 Å². The molecule has 4 nitrogen and oxygen atoms in total. The normalized spacial score (nSPS) is 11.8. The van der Waals surface area contributed by atoms with Crippen LogP contribution in [0.4, 0.5) is 5.69 Å². The number of ether oxygens (including phenoxy) is 1. The molecule has 0 bridgehead atoms. The van der Waals surface area contributed by atoms with Crippen molar-refractivity contribution in [3.05, 3.63) is 53.7 Å². The molecule has 0 saturated heterocycles. The summed E-state index contributed by atoms with van der Waals surface area (Å²) in [6.07, 6.45) is 2.71. The molecule has 2 rings (SSSR count). The lowest BCUT2D eigenvalue weighted by molar-refractivity contribution is 0.102. The van der Waals surface area contributed by atoms with Crippen LogP contribution in [0.1, 0.15) is 49.0 Å². The fourth-order valence-corrected chi connectivity index (χ4v) is 2.14. The van der Waals surface area contributed by atoms with Crippen LogP contribution >= 0.6 is 0 Å². The fraction of sp³-hybridized carbons (Fsp3) is 0.333. The standard InChI is InChI=1S/C18H22N2O2/c1-4-13(3)14-8-10-15(11-9-14)20-17(21)16-7-6-12-19-18(16)22-5-2/h6-13H,4-5H2,1-3H3,(H,20,21)/t13-/m0/s1. The summed E-state index contributed by atoms with van der Waals surface area (Å²) >= 11 is 0. The monoisotopic (exact) mass is 298 g/mol. The summed E-state index contributed by atoms with van der Waals surface area (Å²) < 4.78 is 5.39. The Morgan fingerprint density at radius 3 is 2.59 bits per heavy atom. The van der Waals surface area contributed by atoms with E-state index < -0.39 is 0 Å². The van der Waals surface area contributed by atoms with Crippen molar-refractivity contribution in [2.24, 2.45) is 0 Å². The number of rotatable bonds is 6. The SMILES string of the molecule is CCOc1ncccc1C(=O)Nc1ccc([C@@H](C)CC)cc1. The number of benzene rings is 1. The summed E-state index contributed by atoms with van der Waals surface area (Å²) in [5.41, 5.74) is 2.48. The number of nitrogens with zero attached hydrogens (tertiary/aromatic N) is 1. The van der Waals surface area contributed by atoms with Crippen molar-refractivity contribution in [2.75, 3.05) is 11.9 Å². The summed E-state index contributed by atoms with van der Waals surface area (Å²) in [6.45, 7) is 6.69. The zero-order valence-corrected chi connectivity index (χ0v) is 13.3. The van der Waals surface area contributed by atoms with Gasteiger partial charge in [0.2, 0.25) is 5.88 Å². The number of carbonyl (C=O) groups excluding carboxylic acids is 1. The average Bonchev–Trinajstić information content (AvgIpc) is 2.55. The van der Waals surface area contributed by atoms with E-state index in [1.54, 1.807) is 18.3 Å². The Labute approximate surface area is 131 Å². The van der Waals surface area contributed by atoms with E-state index in [1.165, 1.54) is 5.56 Å². The van der Waals surface area contributed by atoms with E-state index in [0.717, 1.165) is 12.1 Å². The molecule has 1 atom stereocenters. The minimum Gasteiger partial charge on any atom is -0.477 e. The first-order chi connectivity index (χ1) is 10.7. The lowest BCUT2D eigenvalue weighted by atomic mass is 9.98. The van der Waals surface area contributed by atoms with Crippen molar-refractivity contribution in [2.45, 2.75) is 33.1 Å². The van der Waals surface area contributed by atoms with Crippen molar-refractivity contribution in [3.63, 3.8) is 0 Å². The van der Waals surface area contributed by atoms with E-state index in [-0.39, 0.29) is 5.91 Å². The zero-order chi connectivity index (χ0) is 15.9. The summed E-state index contributed by atoms with van der Waals surface area (Å²) in [4.78, 5) is 16.5. The minimum absolute atomic E-state index is 0.215. The number of anilines is 1. The Kier molecular flexibility index (Phi) is 5.53. The van der Waals surface area contributed by atoms with Crippen LogP contribution in [-0.4, -0.2) is 17.5 Å². The first-order valence-corrected chi connectivity index (χ1v) is 7.64. The predicted octanol–water partition coefficient (Wildman–Crippen LogP) is 4.25. The highest BCUT2D eigenvalue weighted by Gasteiger charge is 2.13. The van der Waals surface area contributed by atoms with Crippen LogP contribution in [0.15, 0.2) is 42.6 Å². The Balaban J connectivity index is 2.12. The summed E-state index contributed by atoms with van der Waals surface area (Å²) in [6, 6.07) is 11.4. The highest BCUT2D eigenvalue weighted by atomic mass is 16.5. The first kappa shape index (κ1) is 16.0.